The van der Waals surface area contributed by atoms with E-state index in [2.05, 4.69) is 5.10 Å². The highest BCUT2D eigenvalue weighted by molar-refractivity contribution is 5.76. The van der Waals surface area contributed by atoms with Crippen LogP contribution in [0.5, 0.6) is 0 Å². The summed E-state index contributed by atoms with van der Waals surface area (Å²) in [6.07, 6.45) is 0. The van der Waals surface area contributed by atoms with Crippen molar-refractivity contribution in [3.05, 3.63) is 40.9 Å². The average Bonchev–Trinajstić information content (AvgIpc) is 2.89. The van der Waals surface area contributed by atoms with Crippen molar-refractivity contribution in [1.82, 2.24) is 14.7 Å². The van der Waals surface area contributed by atoms with Crippen LogP contribution < -0.4 is 5.76 Å². The molecular formula is C15H17N3O4. The number of aromatic nitrogens is 2. The van der Waals surface area contributed by atoms with Gasteiger partial charge in [0.25, 0.3) is 0 Å². The Hall–Kier alpha value is -2.41. The number of amides is 1. The van der Waals surface area contributed by atoms with Gasteiger partial charge in [0.2, 0.25) is 11.8 Å². The lowest BCUT2D eigenvalue weighted by Crippen LogP contribution is -2.48. The maximum atomic E-state index is 12.3. The first-order chi connectivity index (χ1) is 10.6. The molecule has 0 N–H and O–H groups in total. The molecule has 0 aliphatic carbocycles. The average molecular weight is 303 g/mol. The predicted octanol–water partition coefficient (Wildman–Crippen LogP) is 0.751. The van der Waals surface area contributed by atoms with Gasteiger partial charge in [0, 0.05) is 12.1 Å². The van der Waals surface area contributed by atoms with Gasteiger partial charge in [-0.15, -0.1) is 5.10 Å². The van der Waals surface area contributed by atoms with Crippen LogP contribution in [-0.4, -0.2) is 46.4 Å². The van der Waals surface area contributed by atoms with Crippen molar-refractivity contribution in [3.8, 4) is 11.5 Å². The number of hydrogen-bond donors (Lipinski definition) is 0. The molecule has 1 atom stereocenters. The first-order valence-corrected chi connectivity index (χ1v) is 7.16. The number of benzene rings is 1. The molecule has 0 spiro atoms. The van der Waals surface area contributed by atoms with E-state index in [1.807, 2.05) is 25.1 Å². The smallest absolute Gasteiger partial charge is 0.388 e. The van der Waals surface area contributed by atoms with Gasteiger partial charge in [-0.05, 0) is 19.1 Å². The predicted molar refractivity (Wildman–Crippen MR) is 78.2 cm³/mol. The lowest BCUT2D eigenvalue weighted by atomic mass is 10.2. The maximum Gasteiger partial charge on any atom is 0.437 e. The van der Waals surface area contributed by atoms with Gasteiger partial charge in [0.05, 0.1) is 19.3 Å². The summed E-state index contributed by atoms with van der Waals surface area (Å²) in [4.78, 5) is 25.9. The topological polar surface area (TPSA) is 77.6 Å². The van der Waals surface area contributed by atoms with Crippen molar-refractivity contribution < 1.29 is 13.9 Å². The number of carbonyl (C=O) groups excluding carboxylic acids is 1. The maximum absolute atomic E-state index is 12.3. The third kappa shape index (κ3) is 2.94. The van der Waals surface area contributed by atoms with Crippen molar-refractivity contribution in [1.29, 1.82) is 0 Å². The van der Waals surface area contributed by atoms with Crippen molar-refractivity contribution in [3.63, 3.8) is 0 Å². The number of ether oxygens (including phenoxy) is 1. The van der Waals surface area contributed by atoms with E-state index in [4.69, 9.17) is 9.15 Å². The minimum absolute atomic E-state index is 0.00236. The fourth-order valence-electron chi connectivity index (χ4n) is 2.42. The summed E-state index contributed by atoms with van der Waals surface area (Å²) in [7, 11) is 0. The van der Waals surface area contributed by atoms with E-state index in [0.29, 0.717) is 25.3 Å². The summed E-state index contributed by atoms with van der Waals surface area (Å²) >= 11 is 0. The molecule has 2 heterocycles. The van der Waals surface area contributed by atoms with E-state index in [1.54, 1.807) is 17.0 Å². The van der Waals surface area contributed by atoms with Gasteiger partial charge in [0.1, 0.15) is 6.54 Å². The Morgan fingerprint density at radius 3 is 2.86 bits per heavy atom. The fourth-order valence-corrected chi connectivity index (χ4v) is 2.42. The molecule has 1 fully saturated rings. The molecular weight excluding hydrogens is 286 g/mol. The number of nitrogens with zero attached hydrogens (tertiary/aromatic N) is 3. The Kier molecular flexibility index (Phi) is 4.06. The van der Waals surface area contributed by atoms with Gasteiger partial charge in [-0.2, -0.15) is 4.68 Å². The Labute approximate surface area is 127 Å². The molecule has 7 heteroatoms. The Morgan fingerprint density at radius 1 is 1.36 bits per heavy atom. The number of carbonyl (C=O) groups is 1. The highest BCUT2D eigenvalue weighted by Crippen LogP contribution is 2.14. The van der Waals surface area contributed by atoms with Crippen LogP contribution in [0.2, 0.25) is 0 Å². The standard InChI is InChI=1S/C15H17N3O4/c1-11-10-21-8-7-17(11)13(19)9-18-15(20)22-14(16-18)12-5-3-2-4-6-12/h2-6,11H,7-10H2,1H3. The van der Waals surface area contributed by atoms with Gasteiger partial charge in [-0.1, -0.05) is 18.2 Å². The molecule has 1 aliphatic heterocycles. The molecule has 1 saturated heterocycles. The minimum Gasteiger partial charge on any atom is -0.388 e. The van der Waals surface area contributed by atoms with Crippen LogP contribution >= 0.6 is 0 Å². The quantitative estimate of drug-likeness (QED) is 0.836. The normalized spacial score (nSPS) is 18.4. The second-order valence-electron chi connectivity index (χ2n) is 5.21. The summed E-state index contributed by atoms with van der Waals surface area (Å²) in [5.41, 5.74) is 0.700. The second-order valence-corrected chi connectivity index (χ2v) is 5.21. The van der Waals surface area contributed by atoms with Crippen molar-refractivity contribution in [2.75, 3.05) is 19.8 Å². The van der Waals surface area contributed by atoms with E-state index in [-0.39, 0.29) is 24.4 Å². The van der Waals surface area contributed by atoms with Crippen LogP contribution in [-0.2, 0) is 16.1 Å². The zero-order valence-electron chi connectivity index (χ0n) is 12.3. The third-order valence-corrected chi connectivity index (χ3v) is 3.60. The molecule has 7 nitrogen and oxygen atoms in total. The Morgan fingerprint density at radius 2 is 2.14 bits per heavy atom. The van der Waals surface area contributed by atoms with Gasteiger partial charge < -0.3 is 14.1 Å². The van der Waals surface area contributed by atoms with Gasteiger partial charge in [0.15, 0.2) is 0 Å². The lowest BCUT2D eigenvalue weighted by molar-refractivity contribution is -0.140. The second kappa shape index (κ2) is 6.15. The van der Waals surface area contributed by atoms with Crippen LogP contribution in [0.1, 0.15) is 6.92 Å². The van der Waals surface area contributed by atoms with Crippen LogP contribution in [0.4, 0.5) is 0 Å². The zero-order valence-corrected chi connectivity index (χ0v) is 12.3. The van der Waals surface area contributed by atoms with E-state index in [1.165, 1.54) is 0 Å². The van der Waals surface area contributed by atoms with E-state index >= 15 is 0 Å². The fraction of sp³-hybridized carbons (Fsp3) is 0.400. The van der Waals surface area contributed by atoms with Crippen molar-refractivity contribution in [2.45, 2.75) is 19.5 Å². The first-order valence-electron chi connectivity index (χ1n) is 7.16. The first kappa shape index (κ1) is 14.5. The third-order valence-electron chi connectivity index (χ3n) is 3.60. The van der Waals surface area contributed by atoms with E-state index in [0.717, 1.165) is 4.68 Å². The van der Waals surface area contributed by atoms with Crippen LogP contribution in [0.3, 0.4) is 0 Å². The molecule has 1 unspecified atom stereocenters. The van der Waals surface area contributed by atoms with Gasteiger partial charge in [-0.3, -0.25) is 4.79 Å². The molecule has 22 heavy (non-hydrogen) atoms. The van der Waals surface area contributed by atoms with E-state index < -0.39 is 5.76 Å². The summed E-state index contributed by atoms with van der Waals surface area (Å²) in [6, 6.07) is 9.10. The molecule has 0 bridgehead atoms. The highest BCUT2D eigenvalue weighted by atomic mass is 16.5. The number of hydrogen-bond acceptors (Lipinski definition) is 5. The number of rotatable bonds is 3. The van der Waals surface area contributed by atoms with Crippen LogP contribution in [0, 0.1) is 0 Å². The molecule has 1 aromatic heterocycles. The lowest BCUT2D eigenvalue weighted by Gasteiger charge is -2.33. The number of morpholine rings is 1. The van der Waals surface area contributed by atoms with Gasteiger partial charge >= 0.3 is 5.76 Å². The summed E-state index contributed by atoms with van der Waals surface area (Å²) in [5.74, 6) is -0.577. The Bertz CT molecular complexity index is 707. The monoisotopic (exact) mass is 303 g/mol. The Balaban J connectivity index is 1.77. The molecule has 1 aromatic carbocycles. The molecule has 3 rings (SSSR count). The van der Waals surface area contributed by atoms with Crippen LogP contribution in [0.15, 0.2) is 39.5 Å². The molecule has 1 aliphatic rings. The molecule has 0 saturated carbocycles. The SMILES string of the molecule is CC1COCCN1C(=O)Cn1nc(-c2ccccc2)oc1=O. The zero-order chi connectivity index (χ0) is 15.5. The van der Waals surface area contributed by atoms with Crippen molar-refractivity contribution >= 4 is 5.91 Å². The minimum atomic E-state index is -0.631. The summed E-state index contributed by atoms with van der Waals surface area (Å²) in [6.45, 7) is 3.34. The summed E-state index contributed by atoms with van der Waals surface area (Å²) < 4.78 is 11.5. The molecule has 0 radical (unpaired) electrons. The van der Waals surface area contributed by atoms with Gasteiger partial charge in [-0.25, -0.2) is 4.79 Å². The van der Waals surface area contributed by atoms with Crippen LogP contribution in [0.25, 0.3) is 11.5 Å². The van der Waals surface area contributed by atoms with E-state index in [9.17, 15) is 9.59 Å². The summed E-state index contributed by atoms with van der Waals surface area (Å²) in [5, 5.41) is 4.10. The molecule has 116 valence electrons. The largest absolute Gasteiger partial charge is 0.437 e. The molecule has 1 amide bonds. The highest BCUT2D eigenvalue weighted by Gasteiger charge is 2.25. The molecule has 2 aromatic rings. The van der Waals surface area contributed by atoms with Crippen molar-refractivity contribution in [2.24, 2.45) is 0 Å².